The first-order valence-electron chi connectivity index (χ1n) is 7.97. The molecule has 0 unspecified atom stereocenters. The molecular formula is C17H22N4O4S. The molecule has 0 aliphatic rings. The molecule has 1 aromatic heterocycles. The van der Waals surface area contributed by atoms with E-state index in [0.717, 1.165) is 11.8 Å². The third-order valence-corrected chi connectivity index (χ3v) is 5.16. The van der Waals surface area contributed by atoms with Crippen LogP contribution in [0.3, 0.4) is 0 Å². The van der Waals surface area contributed by atoms with Crippen LogP contribution in [0.4, 0.5) is 16.2 Å². The first kappa shape index (κ1) is 19.7. The molecule has 9 heteroatoms. The Hall–Kier alpha value is -2.65. The van der Waals surface area contributed by atoms with Gasteiger partial charge in [-0.15, -0.1) is 0 Å². The summed E-state index contributed by atoms with van der Waals surface area (Å²) in [5.74, 6) is 0. The highest BCUT2D eigenvalue weighted by molar-refractivity contribution is 7.89. The Balaban J connectivity index is 2.42. The molecule has 1 heterocycles. The van der Waals surface area contributed by atoms with E-state index in [1.807, 2.05) is 25.1 Å². The van der Waals surface area contributed by atoms with Crippen molar-refractivity contribution in [3.63, 3.8) is 0 Å². The Morgan fingerprint density at radius 1 is 1.31 bits per heavy atom. The molecule has 0 saturated carbocycles. The van der Waals surface area contributed by atoms with Gasteiger partial charge in [0.15, 0.2) is 0 Å². The van der Waals surface area contributed by atoms with Gasteiger partial charge in [0.05, 0.1) is 5.69 Å². The Morgan fingerprint density at radius 2 is 2.04 bits per heavy atom. The lowest BCUT2D eigenvalue weighted by Gasteiger charge is -2.23. The van der Waals surface area contributed by atoms with Crippen molar-refractivity contribution in [2.24, 2.45) is 0 Å². The monoisotopic (exact) mass is 378 g/mol. The molecule has 0 aliphatic carbocycles. The lowest BCUT2D eigenvalue weighted by atomic mass is 10.2. The van der Waals surface area contributed by atoms with E-state index in [9.17, 15) is 18.3 Å². The molecule has 140 valence electrons. The van der Waals surface area contributed by atoms with Gasteiger partial charge in [-0.05, 0) is 44.5 Å². The second-order valence-corrected chi connectivity index (χ2v) is 7.80. The Labute approximate surface area is 152 Å². The van der Waals surface area contributed by atoms with Crippen LogP contribution in [0, 0.1) is 6.92 Å². The van der Waals surface area contributed by atoms with Crippen LogP contribution in [-0.4, -0.2) is 41.6 Å². The first-order chi connectivity index (χ1) is 12.3. The number of nitrogens with one attached hydrogen (secondary N) is 2. The number of rotatable bonds is 6. The van der Waals surface area contributed by atoms with E-state index in [2.05, 4.69) is 15.6 Å². The van der Waals surface area contributed by atoms with E-state index < -0.39 is 22.8 Å². The van der Waals surface area contributed by atoms with Gasteiger partial charge in [-0.25, -0.2) is 13.2 Å². The summed E-state index contributed by atoms with van der Waals surface area (Å²) in [4.78, 5) is 15.8. The maximum atomic E-state index is 12.9. The van der Waals surface area contributed by atoms with E-state index in [1.54, 1.807) is 19.9 Å². The van der Waals surface area contributed by atoms with E-state index in [1.165, 1.54) is 12.3 Å². The van der Waals surface area contributed by atoms with Crippen molar-refractivity contribution in [3.05, 3.63) is 48.3 Å². The molecule has 0 saturated heterocycles. The van der Waals surface area contributed by atoms with Crippen molar-refractivity contribution in [2.45, 2.75) is 31.7 Å². The number of hydrogen-bond donors (Lipinski definition) is 3. The third-order valence-electron chi connectivity index (χ3n) is 3.42. The largest absolute Gasteiger partial charge is 0.375 e. The molecule has 2 rings (SSSR count). The fraction of sp³-hybridized carbons (Fsp3) is 0.294. The van der Waals surface area contributed by atoms with E-state index in [4.69, 9.17) is 0 Å². The summed E-state index contributed by atoms with van der Waals surface area (Å²) in [5.41, 5.74) is 1.94. The second-order valence-electron chi connectivity index (χ2n) is 5.97. The molecule has 2 amide bonds. The number of benzene rings is 1. The van der Waals surface area contributed by atoms with Crippen LogP contribution < -0.4 is 10.6 Å². The standard InChI is InChI=1S/C17H22N4O4S/c1-12(2)19-17(23)21(11-22)26(24,25)16-10-18-8-7-15(16)20-14-6-4-5-13(3)9-14/h4-10,12,22H,11H2,1-3H3,(H,18,20)(H,19,23). The molecule has 26 heavy (non-hydrogen) atoms. The summed E-state index contributed by atoms with van der Waals surface area (Å²) in [6, 6.07) is 7.69. The average Bonchev–Trinajstić information content (AvgIpc) is 2.55. The molecule has 2 aromatic rings. The molecule has 0 spiro atoms. The van der Waals surface area contributed by atoms with Crippen LogP contribution in [-0.2, 0) is 10.0 Å². The van der Waals surface area contributed by atoms with Gasteiger partial charge in [0.2, 0.25) is 0 Å². The zero-order chi connectivity index (χ0) is 19.3. The molecule has 8 nitrogen and oxygen atoms in total. The van der Waals surface area contributed by atoms with Gasteiger partial charge < -0.3 is 15.7 Å². The number of aliphatic hydroxyl groups is 1. The van der Waals surface area contributed by atoms with Gasteiger partial charge in [-0.1, -0.05) is 12.1 Å². The van der Waals surface area contributed by atoms with Crippen molar-refractivity contribution in [1.82, 2.24) is 14.6 Å². The van der Waals surface area contributed by atoms with Gasteiger partial charge in [-0.3, -0.25) is 4.98 Å². The minimum atomic E-state index is -4.31. The molecule has 0 radical (unpaired) electrons. The number of carbonyl (C=O) groups excluding carboxylic acids is 1. The summed E-state index contributed by atoms with van der Waals surface area (Å²) in [5, 5.41) is 14.9. The number of aromatic nitrogens is 1. The highest BCUT2D eigenvalue weighted by Gasteiger charge is 2.31. The summed E-state index contributed by atoms with van der Waals surface area (Å²) in [6.07, 6.45) is 2.58. The number of urea groups is 1. The molecule has 0 atom stereocenters. The average molecular weight is 378 g/mol. The van der Waals surface area contributed by atoms with Gasteiger partial charge in [0.1, 0.15) is 11.6 Å². The number of nitrogens with zero attached hydrogens (tertiary/aromatic N) is 2. The van der Waals surface area contributed by atoms with E-state index >= 15 is 0 Å². The van der Waals surface area contributed by atoms with E-state index in [-0.39, 0.29) is 16.6 Å². The minimum absolute atomic E-state index is 0.213. The topological polar surface area (TPSA) is 112 Å². The van der Waals surface area contributed by atoms with Gasteiger partial charge in [0.25, 0.3) is 10.0 Å². The van der Waals surface area contributed by atoms with Crippen molar-refractivity contribution in [2.75, 3.05) is 12.0 Å². The normalized spacial score (nSPS) is 11.3. The smallest absolute Gasteiger partial charge is 0.333 e. The summed E-state index contributed by atoms with van der Waals surface area (Å²) in [7, 11) is -4.31. The Bertz CT molecular complexity index is 884. The number of sulfonamides is 1. The number of anilines is 2. The van der Waals surface area contributed by atoms with Gasteiger partial charge >= 0.3 is 6.03 Å². The zero-order valence-corrected chi connectivity index (χ0v) is 15.6. The highest BCUT2D eigenvalue weighted by atomic mass is 32.2. The zero-order valence-electron chi connectivity index (χ0n) is 14.8. The Morgan fingerprint density at radius 3 is 2.65 bits per heavy atom. The number of carbonyl (C=O) groups is 1. The van der Waals surface area contributed by atoms with Crippen molar-refractivity contribution >= 4 is 27.4 Å². The van der Waals surface area contributed by atoms with Crippen molar-refractivity contribution < 1.29 is 18.3 Å². The van der Waals surface area contributed by atoms with Crippen molar-refractivity contribution in [3.8, 4) is 0 Å². The minimum Gasteiger partial charge on any atom is -0.375 e. The quantitative estimate of drug-likeness (QED) is 0.665. The lowest BCUT2D eigenvalue weighted by Crippen LogP contribution is -2.46. The molecule has 0 bridgehead atoms. The maximum Gasteiger partial charge on any atom is 0.333 e. The van der Waals surface area contributed by atoms with Crippen LogP contribution >= 0.6 is 0 Å². The molecule has 0 aliphatic heterocycles. The molecule has 1 aromatic carbocycles. The summed E-state index contributed by atoms with van der Waals surface area (Å²) >= 11 is 0. The van der Waals surface area contributed by atoms with Gasteiger partial charge in [-0.2, -0.15) is 4.31 Å². The van der Waals surface area contributed by atoms with E-state index in [0.29, 0.717) is 9.99 Å². The van der Waals surface area contributed by atoms with Crippen LogP contribution in [0.1, 0.15) is 19.4 Å². The van der Waals surface area contributed by atoms with Crippen LogP contribution in [0.15, 0.2) is 47.6 Å². The Kier molecular flexibility index (Phi) is 6.17. The predicted octanol–water partition coefficient (Wildman–Crippen LogP) is 2.19. The highest BCUT2D eigenvalue weighted by Crippen LogP contribution is 2.27. The predicted molar refractivity (Wildman–Crippen MR) is 98.5 cm³/mol. The third kappa shape index (κ3) is 4.50. The van der Waals surface area contributed by atoms with Crippen LogP contribution in [0.25, 0.3) is 0 Å². The summed E-state index contributed by atoms with van der Waals surface area (Å²) < 4.78 is 26.1. The second kappa shape index (κ2) is 8.15. The van der Waals surface area contributed by atoms with Crippen LogP contribution in [0.5, 0.6) is 0 Å². The number of amides is 2. The molecule has 3 N–H and O–H groups in total. The molecule has 0 fully saturated rings. The maximum absolute atomic E-state index is 12.9. The fourth-order valence-corrected chi connectivity index (χ4v) is 3.51. The van der Waals surface area contributed by atoms with Crippen molar-refractivity contribution in [1.29, 1.82) is 0 Å². The lowest BCUT2D eigenvalue weighted by molar-refractivity contribution is 0.169. The SMILES string of the molecule is Cc1cccc(Nc2ccncc2S(=O)(=O)N(CO)C(=O)NC(C)C)c1. The number of pyridine rings is 1. The number of hydrogen-bond acceptors (Lipinski definition) is 6. The van der Waals surface area contributed by atoms with Gasteiger partial charge in [0, 0.05) is 24.1 Å². The first-order valence-corrected chi connectivity index (χ1v) is 9.41. The number of aliphatic hydroxyl groups excluding tert-OH is 1. The number of aryl methyl sites for hydroxylation is 1. The summed E-state index contributed by atoms with van der Waals surface area (Å²) in [6.45, 7) is 4.31. The molecular weight excluding hydrogens is 356 g/mol. The fourth-order valence-electron chi connectivity index (χ4n) is 2.25. The van der Waals surface area contributed by atoms with Crippen LogP contribution in [0.2, 0.25) is 0 Å².